The highest BCUT2D eigenvalue weighted by molar-refractivity contribution is 9.10. The Morgan fingerprint density at radius 2 is 1.90 bits per heavy atom. The number of rotatable bonds is 5. The van der Waals surface area contributed by atoms with Crippen LogP contribution in [0.25, 0.3) is 5.82 Å². The van der Waals surface area contributed by atoms with Crippen LogP contribution in [0.1, 0.15) is 23.2 Å². The average molecular weight is 476 g/mol. The second-order valence-electron chi connectivity index (χ2n) is 6.53. The van der Waals surface area contributed by atoms with E-state index < -0.39 is 15.9 Å². The van der Waals surface area contributed by atoms with Crippen molar-refractivity contribution < 1.29 is 13.2 Å². The van der Waals surface area contributed by atoms with Crippen LogP contribution in [0.2, 0.25) is 0 Å². The minimum atomic E-state index is -3.62. The standard InChI is InChI=1S/C19H18BrN5O3S/c20-16-7-6-14(29(27,28)24-10-1-2-11-24)13-15(16)19(26)23-17-5-3-8-21-18(17)25-12-4-9-22-25/h3-9,12-13H,1-2,10-11H2,(H,23,26). The summed E-state index contributed by atoms with van der Waals surface area (Å²) in [4.78, 5) is 17.3. The normalized spacial score (nSPS) is 14.8. The first kappa shape index (κ1) is 19.7. The molecule has 0 bridgehead atoms. The van der Waals surface area contributed by atoms with E-state index in [4.69, 9.17) is 0 Å². The van der Waals surface area contributed by atoms with Crippen LogP contribution < -0.4 is 5.32 Å². The molecule has 1 N–H and O–H groups in total. The lowest BCUT2D eigenvalue weighted by Gasteiger charge is -2.17. The Balaban J connectivity index is 1.65. The van der Waals surface area contributed by atoms with Crippen LogP contribution in [-0.4, -0.2) is 46.5 Å². The Kier molecular flexibility index (Phi) is 5.48. The van der Waals surface area contributed by atoms with Gasteiger partial charge < -0.3 is 5.32 Å². The summed E-state index contributed by atoms with van der Waals surface area (Å²) < 4.78 is 29.2. The minimum absolute atomic E-state index is 0.103. The van der Waals surface area contributed by atoms with E-state index in [2.05, 4.69) is 31.3 Å². The number of nitrogens with one attached hydrogen (secondary N) is 1. The first-order chi connectivity index (χ1) is 14.0. The molecule has 4 rings (SSSR count). The molecule has 3 heterocycles. The van der Waals surface area contributed by atoms with E-state index in [0.29, 0.717) is 29.1 Å². The molecule has 1 amide bonds. The van der Waals surface area contributed by atoms with Crippen LogP contribution in [0.4, 0.5) is 5.69 Å². The number of carbonyl (C=O) groups excluding carboxylic acids is 1. The van der Waals surface area contributed by atoms with E-state index in [0.717, 1.165) is 12.8 Å². The lowest BCUT2D eigenvalue weighted by molar-refractivity contribution is 0.102. The zero-order valence-electron chi connectivity index (χ0n) is 15.3. The predicted octanol–water partition coefficient (Wildman–Crippen LogP) is 3.07. The van der Waals surface area contributed by atoms with Gasteiger partial charge in [0.1, 0.15) is 0 Å². The number of benzene rings is 1. The third kappa shape index (κ3) is 3.96. The van der Waals surface area contributed by atoms with Crippen LogP contribution in [0, 0.1) is 0 Å². The smallest absolute Gasteiger partial charge is 0.256 e. The first-order valence-corrected chi connectivity index (χ1v) is 11.3. The third-order valence-corrected chi connectivity index (χ3v) is 7.23. The molecule has 0 saturated carbocycles. The SMILES string of the molecule is O=C(Nc1cccnc1-n1cccn1)c1cc(S(=O)(=O)N2CCCC2)ccc1Br. The monoisotopic (exact) mass is 475 g/mol. The fourth-order valence-electron chi connectivity index (χ4n) is 3.18. The van der Waals surface area contributed by atoms with Gasteiger partial charge in [0.25, 0.3) is 5.91 Å². The fourth-order valence-corrected chi connectivity index (χ4v) is 5.15. The largest absolute Gasteiger partial charge is 0.319 e. The number of nitrogens with zero attached hydrogens (tertiary/aromatic N) is 4. The van der Waals surface area contributed by atoms with Crippen LogP contribution in [0.15, 0.2) is 64.4 Å². The number of pyridine rings is 1. The quantitative estimate of drug-likeness (QED) is 0.611. The maximum absolute atomic E-state index is 13.0. The fraction of sp³-hybridized carbons (Fsp3) is 0.211. The van der Waals surface area contributed by atoms with Gasteiger partial charge in [0.2, 0.25) is 10.0 Å². The topological polar surface area (TPSA) is 97.2 Å². The van der Waals surface area contributed by atoms with E-state index in [-0.39, 0.29) is 10.5 Å². The number of carbonyl (C=O) groups is 1. The Bertz CT molecular complexity index is 1140. The maximum atomic E-state index is 13.0. The van der Waals surface area contributed by atoms with Gasteiger partial charge in [0.05, 0.1) is 16.1 Å². The molecule has 1 saturated heterocycles. The Morgan fingerprint density at radius 1 is 1.10 bits per heavy atom. The van der Waals surface area contributed by atoms with Crippen molar-refractivity contribution in [3.8, 4) is 5.82 Å². The number of sulfonamides is 1. The molecule has 1 aromatic carbocycles. The molecule has 0 atom stereocenters. The summed E-state index contributed by atoms with van der Waals surface area (Å²) in [5, 5.41) is 6.95. The van der Waals surface area contributed by atoms with Gasteiger partial charge in [-0.25, -0.2) is 18.1 Å². The molecule has 1 aliphatic heterocycles. The van der Waals surface area contributed by atoms with Crippen LogP contribution in [-0.2, 0) is 10.0 Å². The maximum Gasteiger partial charge on any atom is 0.256 e. The second-order valence-corrected chi connectivity index (χ2v) is 9.32. The molecule has 29 heavy (non-hydrogen) atoms. The number of amides is 1. The Hall–Kier alpha value is -2.56. The molecule has 1 aliphatic rings. The summed E-state index contributed by atoms with van der Waals surface area (Å²) in [6, 6.07) is 9.65. The van der Waals surface area contributed by atoms with Crippen LogP contribution in [0.3, 0.4) is 0 Å². The summed E-state index contributed by atoms with van der Waals surface area (Å²) in [7, 11) is -3.62. The van der Waals surface area contributed by atoms with E-state index in [9.17, 15) is 13.2 Å². The molecule has 0 unspecified atom stereocenters. The number of hydrogen-bond acceptors (Lipinski definition) is 5. The van der Waals surface area contributed by atoms with Gasteiger partial charge in [0.15, 0.2) is 5.82 Å². The van der Waals surface area contributed by atoms with Crippen molar-refractivity contribution >= 4 is 37.5 Å². The number of aromatic nitrogens is 3. The van der Waals surface area contributed by atoms with Crippen molar-refractivity contribution in [1.29, 1.82) is 0 Å². The zero-order chi connectivity index (χ0) is 20.4. The average Bonchev–Trinajstić information content (AvgIpc) is 3.43. The van der Waals surface area contributed by atoms with E-state index in [1.54, 1.807) is 47.5 Å². The Morgan fingerprint density at radius 3 is 2.62 bits per heavy atom. The second kappa shape index (κ2) is 8.05. The minimum Gasteiger partial charge on any atom is -0.319 e. The molecule has 0 spiro atoms. The van der Waals surface area contributed by atoms with Gasteiger partial charge in [0, 0.05) is 36.2 Å². The van der Waals surface area contributed by atoms with Crippen molar-refractivity contribution in [2.45, 2.75) is 17.7 Å². The molecule has 10 heteroatoms. The molecule has 3 aromatic rings. The third-order valence-electron chi connectivity index (χ3n) is 4.64. The predicted molar refractivity (Wildman–Crippen MR) is 111 cm³/mol. The van der Waals surface area contributed by atoms with E-state index >= 15 is 0 Å². The molecule has 2 aromatic heterocycles. The van der Waals surface area contributed by atoms with Crippen molar-refractivity contribution in [3.05, 3.63) is 65.0 Å². The summed E-state index contributed by atoms with van der Waals surface area (Å²) in [5.41, 5.74) is 0.682. The van der Waals surface area contributed by atoms with Crippen molar-refractivity contribution in [1.82, 2.24) is 19.1 Å². The van der Waals surface area contributed by atoms with E-state index in [1.807, 2.05) is 0 Å². The van der Waals surface area contributed by atoms with Gasteiger partial charge in [-0.2, -0.15) is 9.40 Å². The van der Waals surface area contributed by atoms with Gasteiger partial charge in [-0.1, -0.05) is 0 Å². The van der Waals surface area contributed by atoms with Crippen molar-refractivity contribution in [2.24, 2.45) is 0 Å². The highest BCUT2D eigenvalue weighted by atomic mass is 79.9. The number of halogens is 1. The molecular weight excluding hydrogens is 458 g/mol. The lowest BCUT2D eigenvalue weighted by Crippen LogP contribution is -2.28. The Labute approximate surface area is 176 Å². The molecule has 150 valence electrons. The van der Waals surface area contributed by atoms with Crippen molar-refractivity contribution in [2.75, 3.05) is 18.4 Å². The van der Waals surface area contributed by atoms with Gasteiger partial charge in [-0.3, -0.25) is 4.79 Å². The zero-order valence-corrected chi connectivity index (χ0v) is 17.7. The molecule has 8 nitrogen and oxygen atoms in total. The molecule has 1 fully saturated rings. The first-order valence-electron chi connectivity index (χ1n) is 9.03. The number of hydrogen-bond donors (Lipinski definition) is 1. The molecular formula is C19H18BrN5O3S. The van der Waals surface area contributed by atoms with Gasteiger partial charge >= 0.3 is 0 Å². The number of anilines is 1. The van der Waals surface area contributed by atoms with Crippen LogP contribution in [0.5, 0.6) is 0 Å². The summed E-state index contributed by atoms with van der Waals surface area (Å²) in [5.74, 6) is 0.0135. The highest BCUT2D eigenvalue weighted by Gasteiger charge is 2.28. The van der Waals surface area contributed by atoms with Crippen molar-refractivity contribution in [3.63, 3.8) is 0 Å². The van der Waals surface area contributed by atoms with Gasteiger partial charge in [-0.15, -0.1) is 0 Å². The van der Waals surface area contributed by atoms with Crippen LogP contribution >= 0.6 is 15.9 Å². The molecule has 0 radical (unpaired) electrons. The highest BCUT2D eigenvalue weighted by Crippen LogP contribution is 2.27. The molecule has 0 aliphatic carbocycles. The van der Waals surface area contributed by atoms with Gasteiger partial charge in [-0.05, 0) is 65.2 Å². The summed E-state index contributed by atoms with van der Waals surface area (Å²) in [6.45, 7) is 1.01. The summed E-state index contributed by atoms with van der Waals surface area (Å²) >= 11 is 3.35. The van der Waals surface area contributed by atoms with E-state index in [1.165, 1.54) is 16.4 Å². The summed E-state index contributed by atoms with van der Waals surface area (Å²) in [6.07, 6.45) is 6.63. The lowest BCUT2D eigenvalue weighted by atomic mass is 10.2.